The highest BCUT2D eigenvalue weighted by atomic mass is 16.2. The van der Waals surface area contributed by atoms with Crippen molar-refractivity contribution >= 4 is 11.9 Å². The summed E-state index contributed by atoms with van der Waals surface area (Å²) in [5.74, 6) is -0.140. The van der Waals surface area contributed by atoms with E-state index in [2.05, 4.69) is 16.0 Å². The van der Waals surface area contributed by atoms with Crippen LogP contribution in [0.3, 0.4) is 0 Å². The molecule has 0 fully saturated rings. The molecule has 0 heterocycles. The maximum absolute atomic E-state index is 11.5. The summed E-state index contributed by atoms with van der Waals surface area (Å²) in [6.07, 6.45) is 0. The lowest BCUT2D eigenvalue weighted by Crippen LogP contribution is -2.38. The number of nitrogens with one attached hydrogen (secondary N) is 3. The van der Waals surface area contributed by atoms with Crippen molar-refractivity contribution in [2.24, 2.45) is 0 Å². The van der Waals surface area contributed by atoms with Gasteiger partial charge in [0, 0.05) is 25.7 Å². The minimum Gasteiger partial charge on any atom is -0.350 e. The fourth-order valence-corrected chi connectivity index (χ4v) is 1.13. The monoisotopic (exact) mass is 221 g/mol. The van der Waals surface area contributed by atoms with Gasteiger partial charge >= 0.3 is 6.03 Å². The molecule has 0 bridgehead atoms. The molecule has 5 heteroatoms. The summed E-state index contributed by atoms with van der Waals surface area (Å²) in [5.41, 5.74) is 0.613. The summed E-state index contributed by atoms with van der Waals surface area (Å²) in [4.78, 5) is 22.3. The molecular weight excluding hydrogens is 206 g/mol. The van der Waals surface area contributed by atoms with Crippen LogP contribution in [-0.2, 0) is 0 Å². The van der Waals surface area contributed by atoms with Gasteiger partial charge < -0.3 is 16.0 Å². The van der Waals surface area contributed by atoms with Crippen LogP contribution >= 0.6 is 0 Å². The largest absolute Gasteiger partial charge is 0.350 e. The highest BCUT2D eigenvalue weighted by Crippen LogP contribution is 1.96. The van der Waals surface area contributed by atoms with Crippen LogP contribution in [0.5, 0.6) is 0 Å². The number of hydrogen-bond acceptors (Lipinski definition) is 2. The molecule has 0 aliphatic carbocycles. The summed E-state index contributed by atoms with van der Waals surface area (Å²) >= 11 is 0. The van der Waals surface area contributed by atoms with Gasteiger partial charge in [0.05, 0.1) is 0 Å². The fraction of sp³-hybridized carbons (Fsp3) is 0.273. The number of amides is 3. The molecule has 0 radical (unpaired) electrons. The third-order valence-electron chi connectivity index (χ3n) is 1.96. The summed E-state index contributed by atoms with van der Waals surface area (Å²) in [6.45, 7) is 0.805. The molecule has 0 unspecified atom stereocenters. The third-order valence-corrected chi connectivity index (χ3v) is 1.96. The van der Waals surface area contributed by atoms with E-state index in [9.17, 15) is 9.59 Å². The molecule has 3 amide bonds. The van der Waals surface area contributed by atoms with Crippen LogP contribution in [0.1, 0.15) is 10.4 Å². The molecule has 0 spiro atoms. The molecular formula is C11H15N3O2. The van der Waals surface area contributed by atoms with Gasteiger partial charge in [-0.2, -0.15) is 0 Å². The van der Waals surface area contributed by atoms with Gasteiger partial charge in [0.15, 0.2) is 0 Å². The lowest BCUT2D eigenvalue weighted by atomic mass is 10.2. The van der Waals surface area contributed by atoms with Crippen molar-refractivity contribution in [1.82, 2.24) is 16.0 Å². The first-order valence-corrected chi connectivity index (χ1v) is 5.03. The zero-order chi connectivity index (χ0) is 11.8. The van der Waals surface area contributed by atoms with Crippen molar-refractivity contribution in [3.8, 4) is 0 Å². The van der Waals surface area contributed by atoms with Crippen LogP contribution in [0, 0.1) is 0 Å². The second-order valence-electron chi connectivity index (χ2n) is 3.13. The van der Waals surface area contributed by atoms with Crippen molar-refractivity contribution in [1.29, 1.82) is 0 Å². The third kappa shape index (κ3) is 4.00. The molecule has 1 rings (SSSR count). The molecule has 16 heavy (non-hydrogen) atoms. The zero-order valence-corrected chi connectivity index (χ0v) is 9.12. The number of carbonyl (C=O) groups is 2. The summed E-state index contributed by atoms with van der Waals surface area (Å²) in [7, 11) is 1.54. The Bertz CT molecular complexity index is 352. The van der Waals surface area contributed by atoms with E-state index in [1.54, 1.807) is 24.3 Å². The Morgan fingerprint density at radius 1 is 1.06 bits per heavy atom. The first kappa shape index (κ1) is 12.0. The number of urea groups is 1. The Labute approximate surface area is 94.2 Å². The predicted octanol–water partition coefficient (Wildman–Crippen LogP) is 0.345. The van der Waals surface area contributed by atoms with Crippen molar-refractivity contribution in [3.05, 3.63) is 35.9 Å². The van der Waals surface area contributed by atoms with Crippen LogP contribution in [-0.4, -0.2) is 32.1 Å². The van der Waals surface area contributed by atoms with Crippen molar-refractivity contribution in [3.63, 3.8) is 0 Å². The Balaban J connectivity index is 2.24. The normalized spacial score (nSPS) is 9.31. The molecule has 0 saturated heterocycles. The van der Waals surface area contributed by atoms with Gasteiger partial charge in [-0.25, -0.2) is 4.79 Å². The van der Waals surface area contributed by atoms with Gasteiger partial charge in [0.25, 0.3) is 5.91 Å². The average Bonchev–Trinajstić information content (AvgIpc) is 2.35. The highest BCUT2D eigenvalue weighted by Gasteiger charge is 2.02. The Hall–Kier alpha value is -2.04. The van der Waals surface area contributed by atoms with E-state index in [-0.39, 0.29) is 11.9 Å². The number of hydrogen-bond donors (Lipinski definition) is 3. The van der Waals surface area contributed by atoms with Crippen LogP contribution in [0.25, 0.3) is 0 Å². The van der Waals surface area contributed by atoms with Gasteiger partial charge in [-0.1, -0.05) is 18.2 Å². The van der Waals surface area contributed by atoms with Crippen LogP contribution in [0.4, 0.5) is 4.79 Å². The maximum Gasteiger partial charge on any atom is 0.314 e. The number of benzene rings is 1. The minimum absolute atomic E-state index is 0.140. The molecule has 0 aliphatic heterocycles. The van der Waals surface area contributed by atoms with E-state index in [1.807, 2.05) is 6.07 Å². The zero-order valence-electron chi connectivity index (χ0n) is 9.12. The van der Waals surface area contributed by atoms with Crippen molar-refractivity contribution in [2.75, 3.05) is 20.1 Å². The molecule has 0 atom stereocenters. The lowest BCUT2D eigenvalue weighted by molar-refractivity contribution is 0.0954. The molecule has 86 valence electrons. The van der Waals surface area contributed by atoms with Crippen molar-refractivity contribution < 1.29 is 9.59 Å². The van der Waals surface area contributed by atoms with Crippen LogP contribution in [0.2, 0.25) is 0 Å². The minimum atomic E-state index is -0.256. The van der Waals surface area contributed by atoms with E-state index >= 15 is 0 Å². The smallest absolute Gasteiger partial charge is 0.314 e. The second kappa shape index (κ2) is 6.44. The number of carbonyl (C=O) groups excluding carboxylic acids is 2. The Morgan fingerprint density at radius 3 is 2.31 bits per heavy atom. The van der Waals surface area contributed by atoms with Gasteiger partial charge in [-0.05, 0) is 12.1 Å². The van der Waals surface area contributed by atoms with E-state index in [0.29, 0.717) is 18.7 Å². The van der Waals surface area contributed by atoms with Crippen LogP contribution in [0.15, 0.2) is 30.3 Å². The molecule has 3 N–H and O–H groups in total. The Morgan fingerprint density at radius 2 is 1.69 bits per heavy atom. The van der Waals surface area contributed by atoms with E-state index in [0.717, 1.165) is 0 Å². The molecule has 0 aliphatic rings. The van der Waals surface area contributed by atoms with Gasteiger partial charge in [0.1, 0.15) is 0 Å². The standard InChI is InChI=1S/C11H15N3O2/c1-12-11(16)14-8-7-13-10(15)9-5-3-2-4-6-9/h2-6H,7-8H2,1H3,(H,13,15)(H2,12,14,16). The van der Waals surface area contributed by atoms with E-state index in [1.165, 1.54) is 7.05 Å². The lowest BCUT2D eigenvalue weighted by Gasteiger charge is -2.06. The van der Waals surface area contributed by atoms with Gasteiger partial charge in [-0.15, -0.1) is 0 Å². The summed E-state index contributed by atoms with van der Waals surface area (Å²) in [6, 6.07) is 8.68. The topological polar surface area (TPSA) is 70.2 Å². The molecule has 1 aromatic carbocycles. The van der Waals surface area contributed by atoms with Gasteiger partial charge in [0.2, 0.25) is 0 Å². The quantitative estimate of drug-likeness (QED) is 0.642. The molecule has 5 nitrogen and oxygen atoms in total. The SMILES string of the molecule is CNC(=O)NCCNC(=O)c1ccccc1. The highest BCUT2D eigenvalue weighted by molar-refractivity contribution is 5.94. The summed E-state index contributed by atoms with van der Waals surface area (Å²) in [5, 5.41) is 7.69. The second-order valence-corrected chi connectivity index (χ2v) is 3.13. The average molecular weight is 221 g/mol. The van der Waals surface area contributed by atoms with E-state index in [4.69, 9.17) is 0 Å². The van der Waals surface area contributed by atoms with Crippen LogP contribution < -0.4 is 16.0 Å². The molecule has 1 aromatic rings. The fourth-order valence-electron chi connectivity index (χ4n) is 1.13. The maximum atomic E-state index is 11.5. The van der Waals surface area contributed by atoms with E-state index < -0.39 is 0 Å². The first-order valence-electron chi connectivity index (χ1n) is 5.03. The van der Waals surface area contributed by atoms with Gasteiger partial charge in [-0.3, -0.25) is 4.79 Å². The molecule has 0 saturated carbocycles. The van der Waals surface area contributed by atoms with Crippen molar-refractivity contribution in [2.45, 2.75) is 0 Å². The predicted molar refractivity (Wildman–Crippen MR) is 61.2 cm³/mol. The Kier molecular flexibility index (Phi) is 4.85. The summed E-state index contributed by atoms with van der Waals surface area (Å²) < 4.78 is 0. The molecule has 0 aromatic heterocycles. The number of rotatable bonds is 4. The first-order chi connectivity index (χ1) is 7.74.